The van der Waals surface area contributed by atoms with Crippen LogP contribution in [0.15, 0.2) is 29.2 Å². The Bertz CT molecular complexity index is 578. The fourth-order valence-electron chi connectivity index (χ4n) is 2.43. The van der Waals surface area contributed by atoms with Gasteiger partial charge in [-0.15, -0.1) is 0 Å². The maximum Gasteiger partial charge on any atom is 0.409 e. The maximum atomic E-state index is 12.3. The molecule has 0 unspecified atom stereocenters. The molecule has 1 N–H and O–H groups in total. The molecule has 1 aromatic rings. The van der Waals surface area contributed by atoms with Crippen LogP contribution in [0.25, 0.3) is 0 Å². The lowest BCUT2D eigenvalue weighted by Gasteiger charge is -2.33. The molecule has 1 heterocycles. The van der Waals surface area contributed by atoms with Gasteiger partial charge in [0.15, 0.2) is 0 Å². The Morgan fingerprint density at radius 3 is 2.40 bits per heavy atom. The molecule has 0 saturated carbocycles. The van der Waals surface area contributed by atoms with Gasteiger partial charge in [0.2, 0.25) is 5.91 Å². The first-order valence-electron chi connectivity index (χ1n) is 7.96. The minimum Gasteiger partial charge on any atom is -0.450 e. The summed E-state index contributed by atoms with van der Waals surface area (Å²) in [5.41, 5.74) is 0.564. The van der Waals surface area contributed by atoms with Crippen molar-refractivity contribution in [3.63, 3.8) is 0 Å². The van der Waals surface area contributed by atoms with Crippen molar-refractivity contribution in [1.82, 2.24) is 9.80 Å². The van der Waals surface area contributed by atoms with Gasteiger partial charge in [0.05, 0.1) is 13.2 Å². The van der Waals surface area contributed by atoms with Gasteiger partial charge in [0.1, 0.15) is 0 Å². The van der Waals surface area contributed by atoms with E-state index in [2.05, 4.69) is 5.32 Å². The standard InChI is InChI=1S/C16H21F2N3O3S/c1-2-24-16(23)21-9-7-20(8-10-21)11-14(22)19-12-3-5-13(6-4-12)25-15(17)18/h3-6,15H,2,7-11H2,1H3,(H,19,22). The number of rotatable bonds is 6. The first-order valence-corrected chi connectivity index (χ1v) is 8.84. The van der Waals surface area contributed by atoms with Crippen LogP contribution in [0, 0.1) is 0 Å². The summed E-state index contributed by atoms with van der Waals surface area (Å²) in [4.78, 5) is 27.7. The third-order valence-electron chi connectivity index (χ3n) is 3.63. The van der Waals surface area contributed by atoms with E-state index in [9.17, 15) is 18.4 Å². The molecule has 2 amide bonds. The van der Waals surface area contributed by atoms with Crippen LogP contribution < -0.4 is 5.32 Å². The van der Waals surface area contributed by atoms with Crippen LogP contribution >= 0.6 is 11.8 Å². The largest absolute Gasteiger partial charge is 0.450 e. The van der Waals surface area contributed by atoms with E-state index >= 15 is 0 Å². The lowest BCUT2D eigenvalue weighted by molar-refractivity contribution is -0.117. The highest BCUT2D eigenvalue weighted by atomic mass is 32.2. The number of hydrogen-bond donors (Lipinski definition) is 1. The van der Waals surface area contributed by atoms with Crippen molar-refractivity contribution < 1.29 is 23.1 Å². The van der Waals surface area contributed by atoms with E-state index in [1.165, 1.54) is 0 Å². The molecular weight excluding hydrogens is 352 g/mol. The third-order valence-corrected chi connectivity index (χ3v) is 4.35. The lowest BCUT2D eigenvalue weighted by atomic mass is 10.3. The van der Waals surface area contributed by atoms with E-state index in [-0.39, 0.29) is 18.5 Å². The number of hydrogen-bond acceptors (Lipinski definition) is 5. The number of alkyl halides is 2. The Hall–Kier alpha value is -1.87. The Labute approximate surface area is 149 Å². The van der Waals surface area contributed by atoms with Crippen LogP contribution in [0.5, 0.6) is 0 Å². The molecule has 1 aliphatic rings. The molecule has 0 radical (unpaired) electrons. The molecule has 9 heteroatoms. The average molecular weight is 373 g/mol. The third kappa shape index (κ3) is 6.50. The summed E-state index contributed by atoms with van der Waals surface area (Å²) in [5, 5.41) is 2.74. The second kappa shape index (κ2) is 9.57. The highest BCUT2D eigenvalue weighted by molar-refractivity contribution is 7.99. The lowest BCUT2D eigenvalue weighted by Crippen LogP contribution is -2.50. The minimum atomic E-state index is -2.46. The van der Waals surface area contributed by atoms with Gasteiger partial charge in [0, 0.05) is 36.8 Å². The Balaban J connectivity index is 1.75. The smallest absolute Gasteiger partial charge is 0.409 e. The van der Waals surface area contributed by atoms with Crippen molar-refractivity contribution in [3.05, 3.63) is 24.3 Å². The molecular formula is C16H21F2N3O3S. The molecule has 6 nitrogen and oxygen atoms in total. The van der Waals surface area contributed by atoms with E-state index in [0.29, 0.717) is 55.1 Å². The highest BCUT2D eigenvalue weighted by Gasteiger charge is 2.23. The number of carbonyl (C=O) groups is 2. The number of carbonyl (C=O) groups excluding carboxylic acids is 2. The van der Waals surface area contributed by atoms with Crippen LogP contribution in [0.2, 0.25) is 0 Å². The molecule has 25 heavy (non-hydrogen) atoms. The van der Waals surface area contributed by atoms with Crippen molar-refractivity contribution in [2.75, 3.05) is 44.6 Å². The van der Waals surface area contributed by atoms with Crippen molar-refractivity contribution in [2.24, 2.45) is 0 Å². The number of halogens is 2. The van der Waals surface area contributed by atoms with Gasteiger partial charge in [-0.05, 0) is 31.2 Å². The van der Waals surface area contributed by atoms with Gasteiger partial charge in [-0.2, -0.15) is 8.78 Å². The topological polar surface area (TPSA) is 61.9 Å². The predicted octanol–water partition coefficient (Wildman–Crippen LogP) is 2.71. The summed E-state index contributed by atoms with van der Waals surface area (Å²) in [6.07, 6.45) is -0.326. The van der Waals surface area contributed by atoms with Gasteiger partial charge in [-0.1, -0.05) is 11.8 Å². The number of nitrogens with one attached hydrogen (secondary N) is 1. The summed E-state index contributed by atoms with van der Waals surface area (Å²) in [6, 6.07) is 6.29. The predicted molar refractivity (Wildman–Crippen MR) is 92.0 cm³/mol. The molecule has 2 rings (SSSR count). The fraction of sp³-hybridized carbons (Fsp3) is 0.500. The molecule has 1 aromatic carbocycles. The molecule has 0 aromatic heterocycles. The van der Waals surface area contributed by atoms with Crippen molar-refractivity contribution in [1.29, 1.82) is 0 Å². The van der Waals surface area contributed by atoms with Crippen molar-refractivity contribution in [2.45, 2.75) is 17.6 Å². The van der Waals surface area contributed by atoms with E-state index in [1.54, 1.807) is 36.1 Å². The quantitative estimate of drug-likeness (QED) is 0.777. The molecule has 0 aliphatic carbocycles. The summed E-state index contributed by atoms with van der Waals surface area (Å²) in [6.45, 7) is 4.54. The molecule has 1 aliphatic heterocycles. The molecule has 0 atom stereocenters. The molecule has 138 valence electrons. The summed E-state index contributed by atoms with van der Waals surface area (Å²) in [5.74, 6) is -2.65. The van der Waals surface area contributed by atoms with Crippen molar-refractivity contribution in [3.8, 4) is 0 Å². The van der Waals surface area contributed by atoms with E-state index in [1.807, 2.05) is 4.90 Å². The molecule has 0 spiro atoms. The Kier molecular flexibility index (Phi) is 7.45. The molecule has 1 fully saturated rings. The SMILES string of the molecule is CCOC(=O)N1CCN(CC(=O)Nc2ccc(SC(F)F)cc2)CC1. The van der Waals surface area contributed by atoms with Crippen LogP contribution in [-0.4, -0.2) is 66.9 Å². The Morgan fingerprint density at radius 1 is 1.20 bits per heavy atom. The zero-order chi connectivity index (χ0) is 18.2. The first kappa shape index (κ1) is 19.5. The number of anilines is 1. The van der Waals surface area contributed by atoms with E-state index < -0.39 is 5.76 Å². The second-order valence-electron chi connectivity index (χ2n) is 5.41. The number of piperazine rings is 1. The van der Waals surface area contributed by atoms with Crippen molar-refractivity contribution >= 4 is 29.4 Å². The van der Waals surface area contributed by atoms with Gasteiger partial charge < -0.3 is 15.0 Å². The zero-order valence-electron chi connectivity index (χ0n) is 13.9. The van der Waals surface area contributed by atoms with Gasteiger partial charge in [0.25, 0.3) is 5.76 Å². The molecule has 1 saturated heterocycles. The number of benzene rings is 1. The van der Waals surface area contributed by atoms with Crippen LogP contribution in [0.3, 0.4) is 0 Å². The minimum absolute atomic E-state index is 0.182. The highest BCUT2D eigenvalue weighted by Crippen LogP contribution is 2.26. The Morgan fingerprint density at radius 2 is 1.84 bits per heavy atom. The van der Waals surface area contributed by atoms with Gasteiger partial charge in [-0.3, -0.25) is 9.69 Å². The van der Waals surface area contributed by atoms with E-state index in [0.717, 1.165) is 0 Å². The molecule has 0 bridgehead atoms. The summed E-state index contributed by atoms with van der Waals surface area (Å²) in [7, 11) is 0. The number of nitrogens with zero attached hydrogens (tertiary/aromatic N) is 2. The van der Waals surface area contributed by atoms with Crippen LogP contribution in [0.1, 0.15) is 6.92 Å². The van der Waals surface area contributed by atoms with Gasteiger partial charge in [-0.25, -0.2) is 4.79 Å². The van der Waals surface area contributed by atoms with Crippen LogP contribution in [0.4, 0.5) is 19.3 Å². The fourth-order valence-corrected chi connectivity index (χ4v) is 2.93. The number of thioether (sulfide) groups is 1. The first-order chi connectivity index (χ1) is 12.0. The number of ether oxygens (including phenoxy) is 1. The zero-order valence-corrected chi connectivity index (χ0v) is 14.7. The van der Waals surface area contributed by atoms with E-state index in [4.69, 9.17) is 4.74 Å². The summed E-state index contributed by atoms with van der Waals surface area (Å²) < 4.78 is 29.5. The maximum absolute atomic E-state index is 12.3. The van der Waals surface area contributed by atoms with Crippen LogP contribution in [-0.2, 0) is 9.53 Å². The average Bonchev–Trinajstić information content (AvgIpc) is 2.57. The number of amides is 2. The van der Waals surface area contributed by atoms with Gasteiger partial charge >= 0.3 is 6.09 Å². The second-order valence-corrected chi connectivity index (χ2v) is 6.48. The summed E-state index contributed by atoms with van der Waals surface area (Å²) >= 11 is 0.464. The monoisotopic (exact) mass is 373 g/mol. The normalized spacial score (nSPS) is 15.3.